The highest BCUT2D eigenvalue weighted by molar-refractivity contribution is 6.35. The summed E-state index contributed by atoms with van der Waals surface area (Å²) in [5, 5.41) is 5.40. The van der Waals surface area contributed by atoms with Crippen LogP contribution in [0.3, 0.4) is 0 Å². The third-order valence-corrected chi connectivity index (χ3v) is 5.99. The molecule has 3 amide bonds. The van der Waals surface area contributed by atoms with Crippen molar-refractivity contribution >= 4 is 17.7 Å². The minimum Gasteiger partial charge on any atom is -0.454 e. The molecule has 32 heavy (non-hydrogen) atoms. The summed E-state index contributed by atoms with van der Waals surface area (Å²) < 4.78 is 16.4. The molecule has 0 aromatic heterocycles. The Morgan fingerprint density at radius 3 is 2.59 bits per heavy atom. The van der Waals surface area contributed by atoms with E-state index in [4.69, 9.17) is 14.2 Å². The van der Waals surface area contributed by atoms with E-state index in [1.165, 1.54) is 0 Å². The summed E-state index contributed by atoms with van der Waals surface area (Å²) in [5.41, 5.74) is 0.979. The lowest BCUT2D eigenvalue weighted by atomic mass is 10.0. The standard InChI is InChI=1S/C22H30N4O6/c27-20-3-1-7-26(20)8-2-6-23-21(28)22(29)24-14-17(25-9-11-30-12-10-25)16-4-5-18-19(13-16)32-15-31-18/h4-5,13,17H,1-3,6-12,14-15H2,(H,23,28)(H,24,29). The first-order valence-corrected chi connectivity index (χ1v) is 11.2. The first kappa shape index (κ1) is 22.3. The van der Waals surface area contributed by atoms with Crippen LogP contribution in [0.15, 0.2) is 18.2 Å². The van der Waals surface area contributed by atoms with Gasteiger partial charge in [0.1, 0.15) is 0 Å². The van der Waals surface area contributed by atoms with E-state index in [1.807, 2.05) is 18.2 Å². The Morgan fingerprint density at radius 2 is 1.81 bits per heavy atom. The van der Waals surface area contributed by atoms with E-state index in [2.05, 4.69) is 15.5 Å². The van der Waals surface area contributed by atoms with Crippen molar-refractivity contribution in [1.29, 1.82) is 0 Å². The number of rotatable bonds is 8. The number of hydrogen-bond acceptors (Lipinski definition) is 7. The first-order chi connectivity index (χ1) is 15.6. The van der Waals surface area contributed by atoms with E-state index in [-0.39, 0.29) is 25.3 Å². The van der Waals surface area contributed by atoms with Crippen LogP contribution in [-0.4, -0.2) is 86.8 Å². The van der Waals surface area contributed by atoms with E-state index in [0.29, 0.717) is 50.6 Å². The highest BCUT2D eigenvalue weighted by Crippen LogP contribution is 2.35. The molecule has 3 heterocycles. The van der Waals surface area contributed by atoms with Crippen molar-refractivity contribution < 1.29 is 28.6 Å². The molecule has 0 radical (unpaired) electrons. The van der Waals surface area contributed by atoms with Gasteiger partial charge in [-0.2, -0.15) is 0 Å². The van der Waals surface area contributed by atoms with Crippen LogP contribution in [0.25, 0.3) is 0 Å². The molecule has 3 aliphatic rings. The average Bonchev–Trinajstić information content (AvgIpc) is 3.45. The van der Waals surface area contributed by atoms with Gasteiger partial charge in [-0.05, 0) is 30.5 Å². The molecule has 10 heteroatoms. The minimum atomic E-state index is -0.666. The smallest absolute Gasteiger partial charge is 0.309 e. The summed E-state index contributed by atoms with van der Waals surface area (Å²) in [6, 6.07) is 5.63. The van der Waals surface area contributed by atoms with Crippen LogP contribution in [-0.2, 0) is 19.1 Å². The minimum absolute atomic E-state index is 0.119. The molecule has 1 aromatic rings. The second kappa shape index (κ2) is 10.6. The molecule has 0 spiro atoms. The van der Waals surface area contributed by atoms with E-state index in [1.54, 1.807) is 4.90 Å². The van der Waals surface area contributed by atoms with Gasteiger partial charge in [0.15, 0.2) is 11.5 Å². The molecule has 2 N–H and O–H groups in total. The number of fused-ring (bicyclic) bond motifs is 1. The maximum absolute atomic E-state index is 12.4. The molecule has 4 rings (SSSR count). The van der Waals surface area contributed by atoms with Crippen LogP contribution in [0.2, 0.25) is 0 Å². The van der Waals surface area contributed by atoms with Crippen molar-refractivity contribution in [2.75, 3.05) is 59.3 Å². The van der Waals surface area contributed by atoms with Gasteiger partial charge < -0.3 is 29.7 Å². The molecular weight excluding hydrogens is 416 g/mol. The van der Waals surface area contributed by atoms with Gasteiger partial charge in [0, 0.05) is 45.7 Å². The summed E-state index contributed by atoms with van der Waals surface area (Å²) in [4.78, 5) is 40.2. The SMILES string of the molecule is O=C(NCCCN1CCCC1=O)C(=O)NCC(c1ccc2c(c1)OCO2)N1CCOCC1. The highest BCUT2D eigenvalue weighted by atomic mass is 16.7. The van der Waals surface area contributed by atoms with Gasteiger partial charge >= 0.3 is 11.8 Å². The van der Waals surface area contributed by atoms with Crippen molar-refractivity contribution in [3.63, 3.8) is 0 Å². The lowest BCUT2D eigenvalue weighted by Gasteiger charge is -2.34. The monoisotopic (exact) mass is 446 g/mol. The average molecular weight is 447 g/mol. The van der Waals surface area contributed by atoms with Gasteiger partial charge in [0.2, 0.25) is 12.7 Å². The Kier molecular flexibility index (Phi) is 7.43. The van der Waals surface area contributed by atoms with Crippen LogP contribution in [0.1, 0.15) is 30.9 Å². The number of amides is 3. The molecule has 2 saturated heterocycles. The number of hydrogen-bond donors (Lipinski definition) is 2. The zero-order valence-electron chi connectivity index (χ0n) is 18.1. The summed E-state index contributed by atoms with van der Waals surface area (Å²) in [7, 11) is 0. The predicted molar refractivity (Wildman–Crippen MR) is 114 cm³/mol. The number of carbonyl (C=O) groups is 3. The largest absolute Gasteiger partial charge is 0.454 e. The van der Waals surface area contributed by atoms with E-state index in [0.717, 1.165) is 31.6 Å². The number of benzene rings is 1. The summed E-state index contributed by atoms with van der Waals surface area (Å²) >= 11 is 0. The third kappa shape index (κ3) is 5.49. The Balaban J connectivity index is 1.28. The molecule has 174 valence electrons. The summed E-state index contributed by atoms with van der Waals surface area (Å²) in [5.74, 6) is 0.215. The zero-order chi connectivity index (χ0) is 22.3. The van der Waals surface area contributed by atoms with E-state index < -0.39 is 11.8 Å². The lowest BCUT2D eigenvalue weighted by molar-refractivity contribution is -0.139. The number of nitrogens with one attached hydrogen (secondary N) is 2. The fourth-order valence-electron chi connectivity index (χ4n) is 4.23. The number of morpholine rings is 1. The molecule has 10 nitrogen and oxygen atoms in total. The van der Waals surface area contributed by atoms with Crippen molar-refractivity contribution in [3.8, 4) is 11.5 Å². The normalized spacial score (nSPS) is 19.1. The summed E-state index contributed by atoms with van der Waals surface area (Å²) in [6.45, 7) is 4.92. The second-order valence-corrected chi connectivity index (χ2v) is 8.08. The third-order valence-electron chi connectivity index (χ3n) is 5.99. The van der Waals surface area contributed by atoms with Crippen molar-refractivity contribution in [2.45, 2.75) is 25.3 Å². The second-order valence-electron chi connectivity index (χ2n) is 8.08. The number of ether oxygens (including phenoxy) is 3. The van der Waals surface area contributed by atoms with Crippen LogP contribution in [0.5, 0.6) is 11.5 Å². The van der Waals surface area contributed by atoms with Crippen LogP contribution in [0, 0.1) is 0 Å². The molecule has 2 fully saturated rings. The number of likely N-dealkylation sites (tertiary alicyclic amines) is 1. The van der Waals surface area contributed by atoms with Crippen molar-refractivity contribution in [3.05, 3.63) is 23.8 Å². The quantitative estimate of drug-likeness (QED) is 0.428. The van der Waals surface area contributed by atoms with Crippen LogP contribution in [0.4, 0.5) is 0 Å². The summed E-state index contributed by atoms with van der Waals surface area (Å²) in [6.07, 6.45) is 2.11. The number of carbonyl (C=O) groups excluding carboxylic acids is 3. The molecule has 0 bridgehead atoms. The van der Waals surface area contributed by atoms with Gasteiger partial charge in [-0.25, -0.2) is 0 Å². The van der Waals surface area contributed by atoms with Crippen molar-refractivity contribution in [2.24, 2.45) is 0 Å². The van der Waals surface area contributed by atoms with Crippen LogP contribution < -0.4 is 20.1 Å². The van der Waals surface area contributed by atoms with Gasteiger partial charge in [-0.3, -0.25) is 19.3 Å². The van der Waals surface area contributed by atoms with Gasteiger partial charge in [-0.15, -0.1) is 0 Å². The maximum atomic E-state index is 12.4. The molecule has 0 aliphatic carbocycles. The molecule has 1 atom stereocenters. The molecule has 0 saturated carbocycles. The molecule has 3 aliphatic heterocycles. The molecular formula is C22H30N4O6. The Morgan fingerprint density at radius 1 is 1.03 bits per heavy atom. The lowest BCUT2D eigenvalue weighted by Crippen LogP contribution is -2.47. The fraction of sp³-hybridized carbons (Fsp3) is 0.591. The first-order valence-electron chi connectivity index (χ1n) is 11.2. The van der Waals surface area contributed by atoms with Crippen molar-refractivity contribution in [1.82, 2.24) is 20.4 Å². The Labute approximate surface area is 187 Å². The van der Waals surface area contributed by atoms with Gasteiger partial charge in [0.25, 0.3) is 0 Å². The van der Waals surface area contributed by atoms with Gasteiger partial charge in [-0.1, -0.05) is 6.07 Å². The molecule has 1 unspecified atom stereocenters. The fourth-order valence-corrected chi connectivity index (χ4v) is 4.23. The number of nitrogens with zero attached hydrogens (tertiary/aromatic N) is 2. The topological polar surface area (TPSA) is 109 Å². The predicted octanol–water partition coefficient (Wildman–Crippen LogP) is 0.0335. The van der Waals surface area contributed by atoms with E-state index in [9.17, 15) is 14.4 Å². The zero-order valence-corrected chi connectivity index (χ0v) is 18.1. The molecule has 1 aromatic carbocycles. The highest BCUT2D eigenvalue weighted by Gasteiger charge is 2.26. The van der Waals surface area contributed by atoms with Crippen LogP contribution >= 0.6 is 0 Å². The Bertz CT molecular complexity index is 842. The Hall–Kier alpha value is -2.85. The van der Waals surface area contributed by atoms with E-state index >= 15 is 0 Å². The maximum Gasteiger partial charge on any atom is 0.309 e. The van der Waals surface area contributed by atoms with Gasteiger partial charge in [0.05, 0.1) is 19.3 Å².